The maximum atomic E-state index is 12.9. The molecule has 1 atom stereocenters. The van der Waals surface area contributed by atoms with Gasteiger partial charge in [0.15, 0.2) is 0 Å². The Balaban J connectivity index is 1.39. The molecular formula is C21H29N5O3. The van der Waals surface area contributed by atoms with Crippen LogP contribution in [0.25, 0.3) is 11.0 Å². The SMILES string of the molecule is CCn1c(=O)n(CC(=O)N2CCN(C(C)C(=O)NC3CC3)CC2)c2ccccc21. The van der Waals surface area contributed by atoms with Gasteiger partial charge in [0.25, 0.3) is 0 Å². The van der Waals surface area contributed by atoms with Gasteiger partial charge in [0.05, 0.1) is 17.1 Å². The molecule has 2 amide bonds. The van der Waals surface area contributed by atoms with Crippen LogP contribution in [0.2, 0.25) is 0 Å². The van der Waals surface area contributed by atoms with E-state index >= 15 is 0 Å². The molecule has 1 N–H and O–H groups in total. The van der Waals surface area contributed by atoms with E-state index in [1.807, 2.05) is 38.1 Å². The zero-order valence-electron chi connectivity index (χ0n) is 17.1. The Bertz CT molecular complexity index is 966. The third kappa shape index (κ3) is 3.94. The van der Waals surface area contributed by atoms with Crippen molar-refractivity contribution in [2.75, 3.05) is 26.2 Å². The molecule has 1 aliphatic heterocycles. The van der Waals surface area contributed by atoms with Crippen molar-refractivity contribution in [3.8, 4) is 0 Å². The second-order valence-corrected chi connectivity index (χ2v) is 7.98. The minimum Gasteiger partial charge on any atom is -0.352 e. The predicted molar refractivity (Wildman–Crippen MR) is 111 cm³/mol. The third-order valence-corrected chi connectivity index (χ3v) is 6.05. The van der Waals surface area contributed by atoms with Crippen LogP contribution < -0.4 is 11.0 Å². The number of imidazole rings is 1. The maximum absolute atomic E-state index is 12.9. The number of benzene rings is 1. The summed E-state index contributed by atoms with van der Waals surface area (Å²) in [7, 11) is 0. The second-order valence-electron chi connectivity index (χ2n) is 7.98. The van der Waals surface area contributed by atoms with Crippen LogP contribution in [0.3, 0.4) is 0 Å². The van der Waals surface area contributed by atoms with E-state index in [0.29, 0.717) is 38.8 Å². The molecule has 2 heterocycles. The van der Waals surface area contributed by atoms with Crippen molar-refractivity contribution in [2.24, 2.45) is 0 Å². The van der Waals surface area contributed by atoms with E-state index in [9.17, 15) is 14.4 Å². The highest BCUT2D eigenvalue weighted by atomic mass is 16.2. The summed E-state index contributed by atoms with van der Waals surface area (Å²) in [6.45, 7) is 6.94. The van der Waals surface area contributed by atoms with Gasteiger partial charge < -0.3 is 10.2 Å². The Morgan fingerprint density at radius 3 is 2.28 bits per heavy atom. The first-order chi connectivity index (χ1) is 14.0. The summed E-state index contributed by atoms with van der Waals surface area (Å²) < 4.78 is 3.26. The summed E-state index contributed by atoms with van der Waals surface area (Å²) in [6, 6.07) is 7.76. The Labute approximate surface area is 170 Å². The second kappa shape index (κ2) is 8.02. The average Bonchev–Trinajstić information content (AvgIpc) is 3.51. The predicted octanol–water partition coefficient (Wildman–Crippen LogP) is 0.634. The fourth-order valence-electron chi connectivity index (χ4n) is 4.04. The number of piperazine rings is 1. The Morgan fingerprint density at radius 2 is 1.69 bits per heavy atom. The van der Waals surface area contributed by atoms with E-state index in [2.05, 4.69) is 10.2 Å². The summed E-state index contributed by atoms with van der Waals surface area (Å²) in [5, 5.41) is 3.05. The van der Waals surface area contributed by atoms with E-state index in [-0.39, 0.29) is 30.1 Å². The van der Waals surface area contributed by atoms with Crippen LogP contribution in [0, 0.1) is 0 Å². The van der Waals surface area contributed by atoms with Crippen LogP contribution in [0.4, 0.5) is 0 Å². The molecule has 29 heavy (non-hydrogen) atoms. The van der Waals surface area contributed by atoms with Gasteiger partial charge >= 0.3 is 5.69 Å². The van der Waals surface area contributed by atoms with Crippen molar-refractivity contribution < 1.29 is 9.59 Å². The summed E-state index contributed by atoms with van der Waals surface area (Å²) in [5.41, 5.74) is 1.50. The number of carbonyl (C=O) groups is 2. The van der Waals surface area contributed by atoms with Gasteiger partial charge in [-0.2, -0.15) is 0 Å². The van der Waals surface area contributed by atoms with Gasteiger partial charge in [-0.3, -0.25) is 23.6 Å². The van der Waals surface area contributed by atoms with Gasteiger partial charge in [-0.05, 0) is 38.8 Å². The summed E-state index contributed by atoms with van der Waals surface area (Å²) in [5.74, 6) is 0.0204. The van der Waals surface area contributed by atoms with E-state index in [1.165, 1.54) is 0 Å². The number of para-hydroxylation sites is 2. The van der Waals surface area contributed by atoms with Gasteiger partial charge in [0.1, 0.15) is 6.54 Å². The number of nitrogens with zero attached hydrogens (tertiary/aromatic N) is 4. The molecule has 1 saturated carbocycles. The van der Waals surface area contributed by atoms with Crippen LogP contribution in [0.5, 0.6) is 0 Å². The molecule has 0 bridgehead atoms. The molecule has 1 aromatic carbocycles. The van der Waals surface area contributed by atoms with Crippen molar-refractivity contribution in [1.82, 2.24) is 24.3 Å². The number of rotatable bonds is 6. The lowest BCUT2D eigenvalue weighted by molar-refractivity contribution is -0.134. The minimum absolute atomic E-state index is 0.0457. The van der Waals surface area contributed by atoms with Crippen LogP contribution in [0.15, 0.2) is 29.1 Å². The molecule has 0 spiro atoms. The molecule has 1 aromatic heterocycles. The highest BCUT2D eigenvalue weighted by Crippen LogP contribution is 2.19. The molecule has 1 saturated heterocycles. The Kier molecular flexibility index (Phi) is 5.45. The van der Waals surface area contributed by atoms with E-state index in [0.717, 1.165) is 23.9 Å². The molecule has 2 fully saturated rings. The van der Waals surface area contributed by atoms with Crippen molar-refractivity contribution >= 4 is 22.8 Å². The number of aromatic nitrogens is 2. The molecule has 1 aliphatic carbocycles. The molecule has 1 unspecified atom stereocenters. The fraction of sp³-hybridized carbons (Fsp3) is 0.571. The van der Waals surface area contributed by atoms with Gasteiger partial charge in [0.2, 0.25) is 11.8 Å². The highest BCUT2D eigenvalue weighted by molar-refractivity contribution is 5.82. The first-order valence-electron chi connectivity index (χ1n) is 10.5. The van der Waals surface area contributed by atoms with Gasteiger partial charge in [-0.1, -0.05) is 12.1 Å². The Hall–Kier alpha value is -2.61. The van der Waals surface area contributed by atoms with Gasteiger partial charge in [-0.25, -0.2) is 4.79 Å². The molecule has 0 radical (unpaired) electrons. The number of carbonyl (C=O) groups excluding carboxylic acids is 2. The normalized spacial score (nSPS) is 18.8. The number of fused-ring (bicyclic) bond motifs is 1. The van der Waals surface area contributed by atoms with Gasteiger partial charge in [-0.15, -0.1) is 0 Å². The lowest BCUT2D eigenvalue weighted by atomic mass is 10.2. The average molecular weight is 399 g/mol. The quantitative estimate of drug-likeness (QED) is 0.773. The molecular weight excluding hydrogens is 370 g/mol. The largest absolute Gasteiger partial charge is 0.352 e. The number of amides is 2. The topological polar surface area (TPSA) is 79.6 Å². The maximum Gasteiger partial charge on any atom is 0.329 e. The van der Waals surface area contributed by atoms with Crippen molar-refractivity contribution in [2.45, 2.75) is 51.9 Å². The lowest BCUT2D eigenvalue weighted by Crippen LogP contribution is -2.55. The van der Waals surface area contributed by atoms with E-state index in [4.69, 9.17) is 0 Å². The van der Waals surface area contributed by atoms with E-state index in [1.54, 1.807) is 14.0 Å². The molecule has 4 rings (SSSR count). The summed E-state index contributed by atoms with van der Waals surface area (Å²) in [6.07, 6.45) is 2.16. The molecule has 2 aliphatic rings. The van der Waals surface area contributed by atoms with Crippen LogP contribution >= 0.6 is 0 Å². The number of hydrogen-bond donors (Lipinski definition) is 1. The standard InChI is InChI=1S/C21H29N5O3/c1-3-25-17-6-4-5-7-18(17)26(21(25)29)14-19(27)24-12-10-23(11-13-24)15(2)20(28)22-16-8-9-16/h4-7,15-16H,3,8-14H2,1-2H3,(H,22,28). The summed E-state index contributed by atoms with van der Waals surface area (Å²) in [4.78, 5) is 41.8. The van der Waals surface area contributed by atoms with Crippen LogP contribution in [-0.2, 0) is 22.7 Å². The molecule has 2 aromatic rings. The zero-order valence-corrected chi connectivity index (χ0v) is 17.1. The molecule has 156 valence electrons. The summed E-state index contributed by atoms with van der Waals surface area (Å²) >= 11 is 0. The first kappa shape index (κ1) is 19.7. The minimum atomic E-state index is -0.182. The monoisotopic (exact) mass is 399 g/mol. The van der Waals surface area contributed by atoms with Crippen LogP contribution in [-0.4, -0.2) is 69.0 Å². The smallest absolute Gasteiger partial charge is 0.329 e. The number of hydrogen-bond acceptors (Lipinski definition) is 4. The van der Waals surface area contributed by atoms with E-state index < -0.39 is 0 Å². The zero-order chi connectivity index (χ0) is 20.5. The van der Waals surface area contributed by atoms with Crippen molar-refractivity contribution in [3.05, 3.63) is 34.7 Å². The third-order valence-electron chi connectivity index (χ3n) is 6.05. The first-order valence-corrected chi connectivity index (χ1v) is 10.5. The molecule has 8 heteroatoms. The Morgan fingerprint density at radius 1 is 1.07 bits per heavy atom. The lowest BCUT2D eigenvalue weighted by Gasteiger charge is -2.37. The number of nitrogens with one attached hydrogen (secondary N) is 1. The molecule has 8 nitrogen and oxygen atoms in total. The van der Waals surface area contributed by atoms with Gasteiger partial charge in [0, 0.05) is 38.8 Å². The highest BCUT2D eigenvalue weighted by Gasteiger charge is 2.31. The van der Waals surface area contributed by atoms with Crippen molar-refractivity contribution in [1.29, 1.82) is 0 Å². The fourth-order valence-corrected chi connectivity index (χ4v) is 4.04. The van der Waals surface area contributed by atoms with Crippen LogP contribution in [0.1, 0.15) is 26.7 Å². The number of aryl methyl sites for hydroxylation is 1. The van der Waals surface area contributed by atoms with Crippen molar-refractivity contribution in [3.63, 3.8) is 0 Å².